The van der Waals surface area contributed by atoms with Crippen LogP contribution >= 0.6 is 11.3 Å². The maximum Gasteiger partial charge on any atom is 0.337 e. The molecule has 14 heavy (non-hydrogen) atoms. The third kappa shape index (κ3) is 2.57. The maximum atomic E-state index is 10.6. The van der Waals surface area contributed by atoms with Gasteiger partial charge in [0, 0.05) is 15.8 Å². The van der Waals surface area contributed by atoms with Gasteiger partial charge in [-0.2, -0.15) is 0 Å². The largest absolute Gasteiger partial charge is 0.478 e. The molecule has 0 unspecified atom stereocenters. The zero-order chi connectivity index (χ0) is 11.1. The van der Waals surface area contributed by atoms with E-state index < -0.39 is 5.97 Å². The molecule has 76 valence electrons. The van der Waals surface area contributed by atoms with Crippen molar-refractivity contribution in [1.29, 1.82) is 0 Å². The summed E-state index contributed by atoms with van der Waals surface area (Å²) in [6, 6.07) is 0. The molecule has 0 aliphatic rings. The SMILES string of the molecule is C=Cc1scc(C(=O)O)c1C=C.CC. The van der Waals surface area contributed by atoms with Gasteiger partial charge in [0.25, 0.3) is 0 Å². The van der Waals surface area contributed by atoms with E-state index in [9.17, 15) is 4.79 Å². The maximum absolute atomic E-state index is 10.6. The van der Waals surface area contributed by atoms with Gasteiger partial charge in [0.05, 0.1) is 5.56 Å². The number of hydrogen-bond acceptors (Lipinski definition) is 2. The van der Waals surface area contributed by atoms with Crippen molar-refractivity contribution >= 4 is 29.5 Å². The lowest BCUT2D eigenvalue weighted by Crippen LogP contribution is -1.95. The van der Waals surface area contributed by atoms with Crippen LogP contribution in [-0.4, -0.2) is 11.1 Å². The summed E-state index contributed by atoms with van der Waals surface area (Å²) in [5.41, 5.74) is 0.951. The van der Waals surface area contributed by atoms with Crippen LogP contribution in [0.3, 0.4) is 0 Å². The van der Waals surface area contributed by atoms with Crippen LogP contribution in [0, 0.1) is 0 Å². The lowest BCUT2D eigenvalue weighted by atomic mass is 10.1. The first-order valence-corrected chi connectivity index (χ1v) is 5.18. The summed E-state index contributed by atoms with van der Waals surface area (Å²) in [6.07, 6.45) is 3.17. The molecule has 0 aliphatic heterocycles. The Kier molecular flexibility index (Phi) is 5.56. The Labute approximate surface area is 88.2 Å². The highest BCUT2D eigenvalue weighted by Crippen LogP contribution is 2.24. The van der Waals surface area contributed by atoms with E-state index in [1.54, 1.807) is 11.5 Å². The van der Waals surface area contributed by atoms with Crippen LogP contribution in [0.5, 0.6) is 0 Å². The number of carbonyl (C=O) groups is 1. The zero-order valence-electron chi connectivity index (χ0n) is 8.41. The van der Waals surface area contributed by atoms with E-state index in [1.807, 2.05) is 13.8 Å². The second kappa shape index (κ2) is 6.16. The minimum absolute atomic E-state index is 0.296. The predicted molar refractivity (Wildman–Crippen MR) is 62.8 cm³/mol. The minimum Gasteiger partial charge on any atom is -0.478 e. The average molecular weight is 210 g/mol. The molecule has 0 spiro atoms. The van der Waals surface area contributed by atoms with E-state index in [0.29, 0.717) is 11.1 Å². The lowest BCUT2D eigenvalue weighted by molar-refractivity contribution is 0.0697. The Hall–Kier alpha value is -1.35. The number of carboxylic acid groups (broad SMARTS) is 1. The average Bonchev–Trinajstić information content (AvgIpc) is 2.63. The second-order valence-electron chi connectivity index (χ2n) is 2.14. The number of carboxylic acids is 1. The van der Waals surface area contributed by atoms with Gasteiger partial charge in [0.1, 0.15) is 0 Å². The van der Waals surface area contributed by atoms with Crippen LogP contribution in [0.4, 0.5) is 0 Å². The smallest absolute Gasteiger partial charge is 0.337 e. The van der Waals surface area contributed by atoms with Crippen molar-refractivity contribution in [2.75, 3.05) is 0 Å². The van der Waals surface area contributed by atoms with Gasteiger partial charge < -0.3 is 5.11 Å². The van der Waals surface area contributed by atoms with Gasteiger partial charge in [0.15, 0.2) is 0 Å². The fourth-order valence-corrected chi connectivity index (χ4v) is 1.81. The lowest BCUT2D eigenvalue weighted by Gasteiger charge is -1.92. The van der Waals surface area contributed by atoms with E-state index in [-0.39, 0.29) is 0 Å². The number of thiophene rings is 1. The standard InChI is InChI=1S/C9H8O2S.C2H6/c1-3-6-7(9(10)11)5-12-8(6)4-2;1-2/h3-5H,1-2H2,(H,10,11);1-2H3. The second-order valence-corrected chi connectivity index (χ2v) is 3.05. The third-order valence-corrected chi connectivity index (χ3v) is 2.47. The molecule has 0 amide bonds. The molecule has 0 aliphatic carbocycles. The summed E-state index contributed by atoms with van der Waals surface area (Å²) in [5, 5.41) is 10.3. The summed E-state index contributed by atoms with van der Waals surface area (Å²) in [5.74, 6) is -0.922. The summed E-state index contributed by atoms with van der Waals surface area (Å²) in [7, 11) is 0. The van der Waals surface area contributed by atoms with Gasteiger partial charge in [-0.3, -0.25) is 0 Å². The monoisotopic (exact) mass is 210 g/mol. The molecule has 1 heterocycles. The Bertz CT molecular complexity index is 337. The molecule has 1 aromatic heterocycles. The zero-order valence-corrected chi connectivity index (χ0v) is 9.23. The third-order valence-electron chi connectivity index (χ3n) is 1.48. The predicted octanol–water partition coefficient (Wildman–Crippen LogP) is 3.76. The first kappa shape index (κ1) is 12.7. The van der Waals surface area contributed by atoms with Gasteiger partial charge >= 0.3 is 5.97 Å². The van der Waals surface area contributed by atoms with Crippen molar-refractivity contribution in [2.45, 2.75) is 13.8 Å². The van der Waals surface area contributed by atoms with Gasteiger partial charge in [-0.25, -0.2) is 4.79 Å². The van der Waals surface area contributed by atoms with Crippen LogP contribution in [0.15, 0.2) is 18.5 Å². The molecular weight excluding hydrogens is 196 g/mol. The van der Waals surface area contributed by atoms with E-state index in [2.05, 4.69) is 13.2 Å². The molecule has 0 saturated carbocycles. The highest BCUT2D eigenvalue weighted by molar-refractivity contribution is 7.11. The van der Waals surface area contributed by atoms with E-state index in [4.69, 9.17) is 5.11 Å². The van der Waals surface area contributed by atoms with Crippen molar-refractivity contribution in [3.63, 3.8) is 0 Å². The van der Waals surface area contributed by atoms with Crippen molar-refractivity contribution in [2.24, 2.45) is 0 Å². The fraction of sp³-hybridized carbons (Fsp3) is 0.182. The van der Waals surface area contributed by atoms with E-state index in [1.165, 1.54) is 17.4 Å². The van der Waals surface area contributed by atoms with Crippen LogP contribution in [-0.2, 0) is 0 Å². The number of hydrogen-bond donors (Lipinski definition) is 1. The van der Waals surface area contributed by atoms with Gasteiger partial charge in [-0.1, -0.05) is 39.2 Å². The molecule has 0 bridgehead atoms. The Balaban J connectivity index is 0.000000791. The number of rotatable bonds is 3. The number of aromatic carboxylic acids is 1. The fourth-order valence-electron chi connectivity index (χ4n) is 0.916. The highest BCUT2D eigenvalue weighted by atomic mass is 32.1. The molecular formula is C11H14O2S. The molecule has 1 aromatic rings. The van der Waals surface area contributed by atoms with Gasteiger partial charge in [0.2, 0.25) is 0 Å². The highest BCUT2D eigenvalue weighted by Gasteiger charge is 2.11. The quantitative estimate of drug-likeness (QED) is 0.824. The van der Waals surface area contributed by atoms with Crippen molar-refractivity contribution in [1.82, 2.24) is 0 Å². The van der Waals surface area contributed by atoms with Crippen molar-refractivity contribution < 1.29 is 9.90 Å². The van der Waals surface area contributed by atoms with Crippen LogP contribution in [0.2, 0.25) is 0 Å². The van der Waals surface area contributed by atoms with E-state index >= 15 is 0 Å². The Morgan fingerprint density at radius 1 is 1.43 bits per heavy atom. The molecule has 1 N–H and O–H groups in total. The molecule has 0 saturated heterocycles. The van der Waals surface area contributed by atoms with Crippen molar-refractivity contribution in [3.8, 4) is 0 Å². The van der Waals surface area contributed by atoms with Crippen LogP contribution in [0.1, 0.15) is 34.6 Å². The molecule has 1 rings (SSSR count). The summed E-state index contributed by atoms with van der Waals surface area (Å²) in [6.45, 7) is 11.1. The molecule has 3 heteroatoms. The topological polar surface area (TPSA) is 37.3 Å². The molecule has 0 fully saturated rings. The van der Waals surface area contributed by atoms with Gasteiger partial charge in [-0.15, -0.1) is 11.3 Å². The molecule has 0 radical (unpaired) electrons. The molecule has 0 atom stereocenters. The van der Waals surface area contributed by atoms with Crippen molar-refractivity contribution in [3.05, 3.63) is 34.5 Å². The Morgan fingerprint density at radius 2 is 2.00 bits per heavy atom. The summed E-state index contributed by atoms with van der Waals surface area (Å²) in [4.78, 5) is 11.5. The molecule has 2 nitrogen and oxygen atoms in total. The molecule has 0 aromatic carbocycles. The first-order chi connectivity index (χ1) is 6.70. The summed E-state index contributed by atoms with van der Waals surface area (Å²) < 4.78 is 0. The van der Waals surface area contributed by atoms with E-state index in [0.717, 1.165) is 4.88 Å². The Morgan fingerprint density at radius 3 is 2.36 bits per heavy atom. The minimum atomic E-state index is -0.922. The normalized spacial score (nSPS) is 8.43. The van der Waals surface area contributed by atoms with Crippen LogP contribution < -0.4 is 0 Å². The first-order valence-electron chi connectivity index (χ1n) is 4.30. The summed E-state index contributed by atoms with van der Waals surface area (Å²) >= 11 is 1.36. The van der Waals surface area contributed by atoms with Gasteiger partial charge in [-0.05, 0) is 0 Å². The van der Waals surface area contributed by atoms with Crippen LogP contribution in [0.25, 0.3) is 12.2 Å².